The molecule has 1 aromatic rings. The highest BCUT2D eigenvalue weighted by Gasteiger charge is 2.21. The van der Waals surface area contributed by atoms with E-state index in [2.05, 4.69) is 0 Å². The van der Waals surface area contributed by atoms with E-state index in [0.717, 1.165) is 24.0 Å². The highest BCUT2D eigenvalue weighted by Crippen LogP contribution is 2.33. The van der Waals surface area contributed by atoms with Crippen LogP contribution in [-0.4, -0.2) is 5.91 Å². The summed E-state index contributed by atoms with van der Waals surface area (Å²) < 4.78 is 0. The Morgan fingerprint density at radius 1 is 1.33 bits per heavy atom. The normalized spacial score (nSPS) is 16.7. The van der Waals surface area contributed by atoms with Crippen LogP contribution >= 0.6 is 0 Å². The van der Waals surface area contributed by atoms with Crippen LogP contribution in [0.3, 0.4) is 0 Å². The molecule has 0 saturated heterocycles. The topological polar surface area (TPSA) is 66.9 Å². The number of nitrogens with zero attached hydrogens (tertiary/aromatic N) is 1. The molecular formula is C12H10N2O. The maximum absolute atomic E-state index is 11.1. The summed E-state index contributed by atoms with van der Waals surface area (Å²) >= 11 is 0. The highest BCUT2D eigenvalue weighted by atomic mass is 16.1. The number of rotatable bonds is 1. The molecule has 3 heteroatoms. The number of fused-ring (bicyclic) bond motifs is 1. The fourth-order valence-corrected chi connectivity index (χ4v) is 1.96. The Hall–Kier alpha value is -2.08. The van der Waals surface area contributed by atoms with E-state index < -0.39 is 5.91 Å². The molecule has 0 radical (unpaired) electrons. The Morgan fingerprint density at radius 2 is 2.07 bits per heavy atom. The Labute approximate surface area is 87.8 Å². The summed E-state index contributed by atoms with van der Waals surface area (Å²) in [7, 11) is 0. The molecule has 2 rings (SSSR count). The average molecular weight is 198 g/mol. The lowest BCUT2D eigenvalue weighted by atomic mass is 10.0. The van der Waals surface area contributed by atoms with Gasteiger partial charge in [0.15, 0.2) is 0 Å². The van der Waals surface area contributed by atoms with Gasteiger partial charge in [-0.2, -0.15) is 5.26 Å². The van der Waals surface area contributed by atoms with Gasteiger partial charge in [0.05, 0.1) is 0 Å². The van der Waals surface area contributed by atoms with E-state index in [0.29, 0.717) is 0 Å². The first kappa shape index (κ1) is 9.47. The number of aryl methyl sites for hydroxylation is 1. The molecule has 0 atom stereocenters. The van der Waals surface area contributed by atoms with Gasteiger partial charge in [0, 0.05) is 0 Å². The molecule has 1 aliphatic carbocycles. The minimum Gasteiger partial charge on any atom is -0.365 e. The van der Waals surface area contributed by atoms with Crippen molar-refractivity contribution in [1.82, 2.24) is 0 Å². The Morgan fingerprint density at radius 3 is 2.73 bits per heavy atom. The number of hydrogen-bond acceptors (Lipinski definition) is 2. The lowest BCUT2D eigenvalue weighted by Gasteiger charge is -2.01. The minimum atomic E-state index is -0.635. The van der Waals surface area contributed by atoms with Crippen LogP contribution in [-0.2, 0) is 11.2 Å². The minimum absolute atomic E-state index is 0.0972. The van der Waals surface area contributed by atoms with Crippen LogP contribution in [0.25, 0.3) is 5.57 Å². The van der Waals surface area contributed by atoms with Crippen molar-refractivity contribution in [1.29, 1.82) is 5.26 Å². The Bertz CT molecular complexity index is 495. The summed E-state index contributed by atoms with van der Waals surface area (Å²) in [6.45, 7) is 0. The van der Waals surface area contributed by atoms with Crippen molar-refractivity contribution < 1.29 is 4.79 Å². The number of allylic oxidation sites excluding steroid dienone is 1. The molecule has 0 fully saturated rings. The number of carbonyl (C=O) groups is 1. The van der Waals surface area contributed by atoms with E-state index in [-0.39, 0.29) is 5.57 Å². The zero-order valence-electron chi connectivity index (χ0n) is 8.16. The van der Waals surface area contributed by atoms with Gasteiger partial charge in [0.1, 0.15) is 11.6 Å². The molecule has 0 spiro atoms. The molecule has 74 valence electrons. The number of amides is 1. The second-order valence-corrected chi connectivity index (χ2v) is 3.49. The van der Waals surface area contributed by atoms with Crippen molar-refractivity contribution in [2.24, 2.45) is 5.73 Å². The Balaban J connectivity index is 2.61. The van der Waals surface area contributed by atoms with Crippen LogP contribution < -0.4 is 5.73 Å². The third-order valence-corrected chi connectivity index (χ3v) is 2.65. The summed E-state index contributed by atoms with van der Waals surface area (Å²) in [5, 5.41) is 8.87. The lowest BCUT2D eigenvalue weighted by Crippen LogP contribution is -2.14. The van der Waals surface area contributed by atoms with Crippen LogP contribution in [0.4, 0.5) is 0 Å². The van der Waals surface area contributed by atoms with E-state index in [1.165, 1.54) is 5.56 Å². The number of hydrogen-bond donors (Lipinski definition) is 1. The van der Waals surface area contributed by atoms with Crippen LogP contribution in [0.5, 0.6) is 0 Å². The summed E-state index contributed by atoms with van der Waals surface area (Å²) in [5.74, 6) is -0.635. The van der Waals surface area contributed by atoms with Crippen LogP contribution in [0.2, 0.25) is 0 Å². The fraction of sp³-hybridized carbons (Fsp3) is 0.167. The van der Waals surface area contributed by atoms with Gasteiger partial charge in [-0.25, -0.2) is 0 Å². The molecular weight excluding hydrogens is 188 g/mol. The van der Waals surface area contributed by atoms with Crippen molar-refractivity contribution in [2.75, 3.05) is 0 Å². The molecule has 1 amide bonds. The summed E-state index contributed by atoms with van der Waals surface area (Å²) in [6, 6.07) is 9.69. The first-order chi connectivity index (χ1) is 7.24. The van der Waals surface area contributed by atoms with Gasteiger partial charge in [-0.15, -0.1) is 0 Å². The van der Waals surface area contributed by atoms with Gasteiger partial charge in [-0.1, -0.05) is 24.3 Å². The van der Waals surface area contributed by atoms with E-state index in [1.54, 1.807) is 0 Å². The number of primary amides is 1. The standard InChI is InChI=1S/C12H10N2O/c13-7-11(12(14)15)10-6-5-8-3-1-2-4-9(8)10/h1-4H,5-6H2,(H2,14,15)/b11-10-. The van der Waals surface area contributed by atoms with Gasteiger partial charge in [0.2, 0.25) is 0 Å². The van der Waals surface area contributed by atoms with E-state index in [9.17, 15) is 4.79 Å². The van der Waals surface area contributed by atoms with Gasteiger partial charge in [0.25, 0.3) is 5.91 Å². The quantitative estimate of drug-likeness (QED) is 0.547. The van der Waals surface area contributed by atoms with Crippen molar-refractivity contribution in [3.05, 3.63) is 41.0 Å². The summed E-state index contributed by atoms with van der Waals surface area (Å²) in [4.78, 5) is 11.1. The number of carbonyl (C=O) groups excluding carboxylic acids is 1. The molecule has 0 heterocycles. The van der Waals surface area contributed by atoms with Crippen molar-refractivity contribution in [2.45, 2.75) is 12.8 Å². The SMILES string of the molecule is N#C/C(C(N)=O)=C1\CCc2ccccc21. The van der Waals surface area contributed by atoms with Gasteiger partial charge in [-0.3, -0.25) is 4.79 Å². The van der Waals surface area contributed by atoms with Crippen LogP contribution in [0.1, 0.15) is 17.5 Å². The molecule has 15 heavy (non-hydrogen) atoms. The van der Waals surface area contributed by atoms with Crippen LogP contribution in [0.15, 0.2) is 29.8 Å². The van der Waals surface area contributed by atoms with Gasteiger partial charge < -0.3 is 5.73 Å². The molecule has 3 nitrogen and oxygen atoms in total. The predicted molar refractivity (Wildman–Crippen MR) is 56.5 cm³/mol. The monoisotopic (exact) mass is 198 g/mol. The predicted octanol–water partition coefficient (Wildman–Crippen LogP) is 1.40. The molecule has 0 aliphatic heterocycles. The maximum atomic E-state index is 11.1. The second-order valence-electron chi connectivity index (χ2n) is 3.49. The van der Waals surface area contributed by atoms with Gasteiger partial charge in [-0.05, 0) is 29.5 Å². The average Bonchev–Trinajstić information content (AvgIpc) is 2.63. The van der Waals surface area contributed by atoms with E-state index in [1.807, 2.05) is 30.3 Å². The molecule has 0 saturated carbocycles. The second kappa shape index (κ2) is 3.58. The first-order valence-corrected chi connectivity index (χ1v) is 4.75. The lowest BCUT2D eigenvalue weighted by molar-refractivity contribution is -0.114. The number of nitrogens with two attached hydrogens (primary N) is 1. The van der Waals surface area contributed by atoms with Gasteiger partial charge >= 0.3 is 0 Å². The van der Waals surface area contributed by atoms with Crippen molar-refractivity contribution in [3.8, 4) is 6.07 Å². The summed E-state index contributed by atoms with van der Waals surface area (Å²) in [6.07, 6.45) is 1.61. The van der Waals surface area contributed by atoms with E-state index >= 15 is 0 Å². The molecule has 0 bridgehead atoms. The molecule has 1 aromatic carbocycles. The third-order valence-electron chi connectivity index (χ3n) is 2.65. The zero-order chi connectivity index (χ0) is 10.8. The smallest absolute Gasteiger partial charge is 0.259 e. The molecule has 2 N–H and O–H groups in total. The Kier molecular flexibility index (Phi) is 2.26. The maximum Gasteiger partial charge on any atom is 0.259 e. The first-order valence-electron chi connectivity index (χ1n) is 4.75. The number of nitriles is 1. The van der Waals surface area contributed by atoms with E-state index in [4.69, 9.17) is 11.0 Å². The molecule has 0 aromatic heterocycles. The molecule has 0 unspecified atom stereocenters. The largest absolute Gasteiger partial charge is 0.365 e. The fourth-order valence-electron chi connectivity index (χ4n) is 1.96. The van der Waals surface area contributed by atoms with Crippen molar-refractivity contribution in [3.63, 3.8) is 0 Å². The molecule has 1 aliphatic rings. The number of benzene rings is 1. The third kappa shape index (κ3) is 1.50. The highest BCUT2D eigenvalue weighted by molar-refractivity contribution is 6.04. The zero-order valence-corrected chi connectivity index (χ0v) is 8.16. The summed E-state index contributed by atoms with van der Waals surface area (Å²) in [5.41, 5.74) is 8.23. The van der Waals surface area contributed by atoms with Crippen LogP contribution in [0, 0.1) is 11.3 Å². The van der Waals surface area contributed by atoms with Crippen molar-refractivity contribution >= 4 is 11.5 Å².